The SMILES string of the molecule is O=C(NCCc1cccs1)C1(CCCc2ccccc2)c2ccccc2Oc2ccccc21. The van der Waals surface area contributed by atoms with Crippen LogP contribution in [0, 0.1) is 0 Å². The number of fused-ring (bicyclic) bond motifs is 2. The summed E-state index contributed by atoms with van der Waals surface area (Å²) in [6.07, 6.45) is 3.37. The summed E-state index contributed by atoms with van der Waals surface area (Å²) in [4.78, 5) is 15.3. The number of carbonyl (C=O) groups excluding carboxylic acids is 1. The molecule has 1 N–H and O–H groups in total. The molecule has 4 aromatic rings. The molecular weight excluding hydrogens is 426 g/mol. The van der Waals surface area contributed by atoms with Gasteiger partial charge in [0, 0.05) is 22.5 Å². The number of thiophene rings is 1. The van der Waals surface area contributed by atoms with E-state index in [1.54, 1.807) is 11.3 Å². The Hall–Kier alpha value is -3.37. The fourth-order valence-corrected chi connectivity index (χ4v) is 5.52. The summed E-state index contributed by atoms with van der Waals surface area (Å²) < 4.78 is 6.23. The van der Waals surface area contributed by atoms with E-state index in [2.05, 4.69) is 47.1 Å². The molecule has 166 valence electrons. The van der Waals surface area contributed by atoms with E-state index in [0.717, 1.165) is 41.9 Å². The summed E-state index contributed by atoms with van der Waals surface area (Å²) in [6, 6.07) is 30.6. The molecule has 4 heteroatoms. The highest BCUT2D eigenvalue weighted by atomic mass is 32.1. The minimum atomic E-state index is -0.782. The molecule has 0 fully saturated rings. The number of amides is 1. The Morgan fingerprint density at radius 2 is 1.45 bits per heavy atom. The van der Waals surface area contributed by atoms with E-state index in [9.17, 15) is 4.79 Å². The molecule has 1 aromatic heterocycles. The van der Waals surface area contributed by atoms with Crippen molar-refractivity contribution in [1.82, 2.24) is 5.32 Å². The minimum Gasteiger partial charge on any atom is -0.457 e. The molecule has 33 heavy (non-hydrogen) atoms. The number of benzene rings is 3. The Morgan fingerprint density at radius 1 is 0.788 bits per heavy atom. The van der Waals surface area contributed by atoms with Crippen LogP contribution < -0.4 is 10.1 Å². The summed E-state index contributed by atoms with van der Waals surface area (Å²) in [7, 11) is 0. The zero-order valence-electron chi connectivity index (χ0n) is 18.5. The van der Waals surface area contributed by atoms with Gasteiger partial charge in [-0.3, -0.25) is 4.79 Å². The normalized spacial score (nSPS) is 13.5. The molecular formula is C29H27NO2S. The summed E-state index contributed by atoms with van der Waals surface area (Å²) in [5, 5.41) is 5.35. The summed E-state index contributed by atoms with van der Waals surface area (Å²) in [6.45, 7) is 0.616. The number of hydrogen-bond acceptors (Lipinski definition) is 3. The molecule has 0 aliphatic carbocycles. The van der Waals surface area contributed by atoms with Gasteiger partial charge in [0.2, 0.25) is 5.91 Å². The zero-order chi connectivity index (χ0) is 22.5. The van der Waals surface area contributed by atoms with Crippen LogP contribution in [0.5, 0.6) is 11.5 Å². The van der Waals surface area contributed by atoms with E-state index in [1.807, 2.05) is 54.6 Å². The number of hydrogen-bond donors (Lipinski definition) is 1. The van der Waals surface area contributed by atoms with Crippen LogP contribution >= 0.6 is 11.3 Å². The predicted molar refractivity (Wildman–Crippen MR) is 134 cm³/mol. The van der Waals surface area contributed by atoms with Crippen molar-refractivity contribution in [2.75, 3.05) is 6.54 Å². The van der Waals surface area contributed by atoms with Gasteiger partial charge in [0.05, 0.1) is 0 Å². The van der Waals surface area contributed by atoms with Crippen LogP contribution in [0.25, 0.3) is 0 Å². The molecule has 0 saturated heterocycles. The second-order valence-electron chi connectivity index (χ2n) is 8.42. The van der Waals surface area contributed by atoms with Crippen LogP contribution in [-0.4, -0.2) is 12.5 Å². The lowest BCUT2D eigenvalue weighted by atomic mass is 9.68. The first-order valence-corrected chi connectivity index (χ1v) is 12.4. The first-order chi connectivity index (χ1) is 16.3. The molecule has 3 aromatic carbocycles. The second kappa shape index (κ2) is 9.63. The lowest BCUT2D eigenvalue weighted by molar-refractivity contribution is -0.125. The van der Waals surface area contributed by atoms with Gasteiger partial charge < -0.3 is 10.1 Å². The van der Waals surface area contributed by atoms with E-state index in [-0.39, 0.29) is 5.91 Å². The van der Waals surface area contributed by atoms with E-state index in [4.69, 9.17) is 4.74 Å². The number of ether oxygens (including phenoxy) is 1. The van der Waals surface area contributed by atoms with Gasteiger partial charge in [-0.25, -0.2) is 0 Å². The van der Waals surface area contributed by atoms with Crippen LogP contribution in [0.1, 0.15) is 34.4 Å². The Balaban J connectivity index is 1.49. The molecule has 0 unspecified atom stereocenters. The predicted octanol–water partition coefficient (Wildman–Crippen LogP) is 6.52. The minimum absolute atomic E-state index is 0.0512. The van der Waals surface area contributed by atoms with Crippen LogP contribution in [0.3, 0.4) is 0 Å². The van der Waals surface area contributed by atoms with Gasteiger partial charge in [0.15, 0.2) is 0 Å². The van der Waals surface area contributed by atoms with E-state index in [1.165, 1.54) is 10.4 Å². The van der Waals surface area contributed by atoms with Gasteiger partial charge in [0.1, 0.15) is 16.9 Å². The Morgan fingerprint density at radius 3 is 2.12 bits per heavy atom. The van der Waals surface area contributed by atoms with E-state index in [0.29, 0.717) is 13.0 Å². The smallest absolute Gasteiger partial charge is 0.235 e. The standard InChI is InChI=1S/C29H27NO2S/c31-28(30-20-18-23-13-9-21-33-23)29(19-8-12-22-10-2-1-3-11-22)24-14-4-6-16-26(24)32-27-17-7-5-15-25(27)29/h1-7,9-11,13-17,21H,8,12,18-20H2,(H,30,31). The van der Waals surface area contributed by atoms with Gasteiger partial charge in [-0.2, -0.15) is 0 Å². The van der Waals surface area contributed by atoms with Crippen molar-refractivity contribution in [3.8, 4) is 11.5 Å². The van der Waals surface area contributed by atoms with Crippen LogP contribution in [-0.2, 0) is 23.1 Å². The summed E-state index contributed by atoms with van der Waals surface area (Å²) in [5.74, 6) is 1.59. The van der Waals surface area contributed by atoms with Crippen LogP contribution in [0.15, 0.2) is 96.4 Å². The maximum Gasteiger partial charge on any atom is 0.235 e. The molecule has 3 nitrogen and oxygen atoms in total. The quantitative estimate of drug-likeness (QED) is 0.330. The van der Waals surface area contributed by atoms with Gasteiger partial charge >= 0.3 is 0 Å². The van der Waals surface area contributed by atoms with Crippen molar-refractivity contribution in [1.29, 1.82) is 0 Å². The molecule has 0 radical (unpaired) electrons. The number of aryl methyl sites for hydroxylation is 1. The first-order valence-electron chi connectivity index (χ1n) is 11.5. The Labute approximate surface area is 199 Å². The number of rotatable bonds is 8. The highest BCUT2D eigenvalue weighted by Crippen LogP contribution is 2.50. The first kappa shape index (κ1) is 21.5. The summed E-state index contributed by atoms with van der Waals surface area (Å²) >= 11 is 1.73. The average Bonchev–Trinajstić information content (AvgIpc) is 3.38. The van der Waals surface area contributed by atoms with Crippen LogP contribution in [0.2, 0.25) is 0 Å². The molecule has 0 spiro atoms. The maximum atomic E-state index is 14.1. The fourth-order valence-electron chi connectivity index (χ4n) is 4.81. The molecule has 0 saturated carbocycles. The second-order valence-corrected chi connectivity index (χ2v) is 9.46. The maximum absolute atomic E-state index is 14.1. The third kappa shape index (κ3) is 4.31. The van der Waals surface area contributed by atoms with Gasteiger partial charge in [-0.1, -0.05) is 72.8 Å². The van der Waals surface area contributed by atoms with Crippen molar-refractivity contribution >= 4 is 17.2 Å². The van der Waals surface area contributed by atoms with Gasteiger partial charge in [0.25, 0.3) is 0 Å². The van der Waals surface area contributed by atoms with Crippen molar-refractivity contribution in [3.05, 3.63) is 118 Å². The highest BCUT2D eigenvalue weighted by molar-refractivity contribution is 7.09. The van der Waals surface area contributed by atoms with Crippen LogP contribution in [0.4, 0.5) is 0 Å². The average molecular weight is 454 g/mol. The van der Waals surface area contributed by atoms with Gasteiger partial charge in [-0.05, 0) is 54.8 Å². The molecule has 1 aliphatic heterocycles. The monoisotopic (exact) mass is 453 g/mol. The Kier molecular flexibility index (Phi) is 6.27. The Bertz CT molecular complexity index is 1170. The van der Waals surface area contributed by atoms with Crippen molar-refractivity contribution in [3.63, 3.8) is 0 Å². The number of carbonyl (C=O) groups is 1. The topological polar surface area (TPSA) is 38.3 Å². The van der Waals surface area contributed by atoms with E-state index >= 15 is 0 Å². The molecule has 5 rings (SSSR count). The lowest BCUT2D eigenvalue weighted by Crippen LogP contribution is -2.47. The zero-order valence-corrected chi connectivity index (χ0v) is 19.3. The van der Waals surface area contributed by atoms with E-state index < -0.39 is 5.41 Å². The third-order valence-electron chi connectivity index (χ3n) is 6.40. The van der Waals surface area contributed by atoms with Gasteiger partial charge in [-0.15, -0.1) is 11.3 Å². The van der Waals surface area contributed by atoms with Crippen molar-refractivity contribution < 1.29 is 9.53 Å². The number of nitrogens with one attached hydrogen (secondary N) is 1. The molecule has 0 bridgehead atoms. The van der Waals surface area contributed by atoms with Crippen molar-refractivity contribution in [2.45, 2.75) is 31.1 Å². The third-order valence-corrected chi connectivity index (χ3v) is 7.33. The molecule has 1 amide bonds. The fraction of sp³-hybridized carbons (Fsp3) is 0.207. The highest BCUT2D eigenvalue weighted by Gasteiger charge is 2.47. The van der Waals surface area contributed by atoms with Crippen molar-refractivity contribution in [2.24, 2.45) is 0 Å². The number of para-hydroxylation sites is 2. The molecule has 0 atom stereocenters. The molecule has 2 heterocycles. The molecule has 1 aliphatic rings. The largest absolute Gasteiger partial charge is 0.457 e. The lowest BCUT2D eigenvalue weighted by Gasteiger charge is -2.39. The summed E-state index contributed by atoms with van der Waals surface area (Å²) in [5.41, 5.74) is 2.41.